The van der Waals surface area contributed by atoms with E-state index in [1.165, 1.54) is 0 Å². The molecule has 0 aromatic rings. The average Bonchev–Trinajstić information content (AvgIpc) is 2.46. The maximum atomic E-state index is 10.9. The van der Waals surface area contributed by atoms with Gasteiger partial charge in [0.2, 0.25) is 0 Å². The molecule has 1 rings (SSSR count). The monoisotopic (exact) mass is 226 g/mol. The minimum Gasteiger partial charge on any atom is -0.462 e. The highest BCUT2D eigenvalue weighted by atomic mass is 16.8. The number of carbonyl (C=O) groups is 2. The molecule has 1 fully saturated rings. The molecule has 0 N–H and O–H groups in total. The molecule has 0 atom stereocenters. The third-order valence-corrected chi connectivity index (χ3v) is 1.98. The summed E-state index contributed by atoms with van der Waals surface area (Å²) in [6.07, 6.45) is 2.51. The number of ether oxygens (including phenoxy) is 3. The van der Waals surface area contributed by atoms with Gasteiger partial charge in [0.05, 0.1) is 6.61 Å². The molecule has 5 heteroatoms. The molecule has 5 nitrogen and oxygen atoms in total. The summed E-state index contributed by atoms with van der Waals surface area (Å²) in [5, 5.41) is 0. The van der Waals surface area contributed by atoms with Crippen LogP contribution in [-0.4, -0.2) is 24.3 Å². The van der Waals surface area contributed by atoms with Crippen molar-refractivity contribution in [3.8, 4) is 0 Å². The van der Waals surface area contributed by atoms with Gasteiger partial charge in [0.15, 0.2) is 11.4 Å². The Morgan fingerprint density at radius 3 is 2.75 bits per heavy atom. The Hall–Kier alpha value is -1.78. The fourth-order valence-corrected chi connectivity index (χ4v) is 1.19. The number of cyclic esters (lactones) is 2. The smallest absolute Gasteiger partial charge is 0.462 e. The molecule has 0 unspecified atom stereocenters. The van der Waals surface area contributed by atoms with E-state index in [1.807, 2.05) is 0 Å². The van der Waals surface area contributed by atoms with E-state index >= 15 is 0 Å². The third kappa shape index (κ3) is 3.12. The molecule has 0 amide bonds. The number of esters is 1. The maximum Gasteiger partial charge on any atom is 0.514 e. The zero-order valence-corrected chi connectivity index (χ0v) is 9.32. The quantitative estimate of drug-likeness (QED) is 0.416. The third-order valence-electron chi connectivity index (χ3n) is 1.98. The molecule has 0 aromatic carbocycles. The molecule has 1 saturated heterocycles. The second-order valence-corrected chi connectivity index (χ2v) is 3.69. The van der Waals surface area contributed by atoms with Crippen molar-refractivity contribution in [1.29, 1.82) is 0 Å². The highest BCUT2D eigenvalue weighted by Gasteiger charge is 2.38. The van der Waals surface area contributed by atoms with Crippen LogP contribution in [0, 0.1) is 0 Å². The number of rotatable bonds is 4. The number of hydrogen-bond acceptors (Lipinski definition) is 5. The molecule has 16 heavy (non-hydrogen) atoms. The second-order valence-electron chi connectivity index (χ2n) is 3.69. The van der Waals surface area contributed by atoms with Crippen molar-refractivity contribution in [2.45, 2.75) is 25.9 Å². The van der Waals surface area contributed by atoms with Crippen molar-refractivity contribution >= 4 is 12.1 Å². The van der Waals surface area contributed by atoms with Crippen LogP contribution < -0.4 is 0 Å². The van der Waals surface area contributed by atoms with Gasteiger partial charge in [-0.25, -0.2) is 9.59 Å². The van der Waals surface area contributed by atoms with Gasteiger partial charge in [0.1, 0.15) is 0 Å². The maximum absolute atomic E-state index is 10.9. The highest BCUT2D eigenvalue weighted by molar-refractivity contribution is 5.81. The van der Waals surface area contributed by atoms with Gasteiger partial charge in [-0.1, -0.05) is 6.58 Å². The van der Waals surface area contributed by atoms with E-state index in [0.29, 0.717) is 12.2 Å². The molecule has 0 bridgehead atoms. The Kier molecular flexibility index (Phi) is 3.71. The Morgan fingerprint density at radius 1 is 1.56 bits per heavy atom. The van der Waals surface area contributed by atoms with Gasteiger partial charge in [-0.3, -0.25) is 0 Å². The van der Waals surface area contributed by atoms with Gasteiger partial charge >= 0.3 is 12.1 Å². The van der Waals surface area contributed by atoms with E-state index < -0.39 is 17.7 Å². The number of hydrogen-bond donors (Lipinski definition) is 0. The molecule has 0 spiro atoms. The molecule has 1 heterocycles. The van der Waals surface area contributed by atoms with E-state index in [4.69, 9.17) is 14.2 Å². The molecule has 1 aliphatic heterocycles. The summed E-state index contributed by atoms with van der Waals surface area (Å²) in [7, 11) is 0. The van der Waals surface area contributed by atoms with Crippen molar-refractivity contribution in [3.05, 3.63) is 24.5 Å². The zero-order valence-electron chi connectivity index (χ0n) is 9.32. The SMILES string of the molecule is C=CC(=O)OCCC=C1OC(=O)OC1(C)C. The van der Waals surface area contributed by atoms with Crippen LogP contribution in [0.25, 0.3) is 0 Å². The molecule has 88 valence electrons. The summed E-state index contributed by atoms with van der Waals surface area (Å²) in [6.45, 7) is 6.92. The topological polar surface area (TPSA) is 61.8 Å². The van der Waals surface area contributed by atoms with E-state index in [2.05, 4.69) is 6.58 Å². The van der Waals surface area contributed by atoms with Gasteiger partial charge in [-0.05, 0) is 19.9 Å². The molecule has 1 aliphatic rings. The minimum absolute atomic E-state index is 0.210. The van der Waals surface area contributed by atoms with Gasteiger partial charge in [-0.2, -0.15) is 0 Å². The molecule has 0 radical (unpaired) electrons. The normalized spacial score (nSPS) is 20.1. The van der Waals surface area contributed by atoms with Crippen LogP contribution in [0.1, 0.15) is 20.3 Å². The highest BCUT2D eigenvalue weighted by Crippen LogP contribution is 2.29. The molecule has 0 saturated carbocycles. The predicted molar refractivity (Wildman–Crippen MR) is 55.5 cm³/mol. The lowest BCUT2D eigenvalue weighted by Crippen LogP contribution is -2.20. The standard InChI is InChI=1S/C11H14O5/c1-4-9(12)14-7-5-6-8-11(2,3)16-10(13)15-8/h4,6H,1,5,7H2,2-3H3. The Labute approximate surface area is 93.7 Å². The first-order valence-corrected chi connectivity index (χ1v) is 4.86. The van der Waals surface area contributed by atoms with E-state index in [-0.39, 0.29) is 6.61 Å². The van der Waals surface area contributed by atoms with Gasteiger partial charge < -0.3 is 14.2 Å². The van der Waals surface area contributed by atoms with Crippen molar-refractivity contribution in [2.24, 2.45) is 0 Å². The summed E-state index contributed by atoms with van der Waals surface area (Å²) in [6, 6.07) is 0. The van der Waals surface area contributed by atoms with Crippen LogP contribution >= 0.6 is 0 Å². The van der Waals surface area contributed by atoms with Crippen LogP contribution in [0.4, 0.5) is 4.79 Å². The fourth-order valence-electron chi connectivity index (χ4n) is 1.19. The van der Waals surface area contributed by atoms with Crippen molar-refractivity contribution < 1.29 is 23.8 Å². The van der Waals surface area contributed by atoms with Crippen molar-refractivity contribution in [2.75, 3.05) is 6.61 Å². The van der Waals surface area contributed by atoms with Crippen molar-refractivity contribution in [1.82, 2.24) is 0 Å². The van der Waals surface area contributed by atoms with E-state index in [1.54, 1.807) is 19.9 Å². The first kappa shape index (κ1) is 12.3. The predicted octanol–water partition coefficient (Wildman–Crippen LogP) is 1.93. The van der Waals surface area contributed by atoms with Crippen LogP contribution in [0.2, 0.25) is 0 Å². The molecular weight excluding hydrogens is 212 g/mol. The lowest BCUT2D eigenvalue weighted by molar-refractivity contribution is -0.137. The summed E-state index contributed by atoms with van der Waals surface area (Å²) in [5.74, 6) is -0.0375. The van der Waals surface area contributed by atoms with Crippen LogP contribution in [0.3, 0.4) is 0 Å². The second kappa shape index (κ2) is 4.83. The van der Waals surface area contributed by atoms with Crippen LogP contribution in [-0.2, 0) is 19.0 Å². The molecular formula is C11H14O5. The molecule has 0 aromatic heterocycles. The van der Waals surface area contributed by atoms with Crippen LogP contribution in [0.5, 0.6) is 0 Å². The summed E-state index contributed by atoms with van der Waals surface area (Å²) >= 11 is 0. The van der Waals surface area contributed by atoms with Gasteiger partial charge in [-0.15, -0.1) is 0 Å². The Morgan fingerprint density at radius 2 is 2.25 bits per heavy atom. The largest absolute Gasteiger partial charge is 0.514 e. The van der Waals surface area contributed by atoms with E-state index in [0.717, 1.165) is 6.08 Å². The number of carbonyl (C=O) groups excluding carboxylic acids is 2. The fraction of sp³-hybridized carbons (Fsp3) is 0.455. The van der Waals surface area contributed by atoms with Gasteiger partial charge in [0, 0.05) is 12.5 Å². The molecule has 0 aliphatic carbocycles. The van der Waals surface area contributed by atoms with E-state index in [9.17, 15) is 9.59 Å². The first-order valence-electron chi connectivity index (χ1n) is 4.86. The zero-order chi connectivity index (χ0) is 12.2. The minimum atomic E-state index is -0.750. The lowest BCUT2D eigenvalue weighted by atomic mass is 10.1. The summed E-state index contributed by atoms with van der Waals surface area (Å²) < 4.78 is 14.5. The summed E-state index contributed by atoms with van der Waals surface area (Å²) in [4.78, 5) is 21.6. The Bertz CT molecular complexity index is 340. The average molecular weight is 226 g/mol. The Balaban J connectivity index is 2.43. The van der Waals surface area contributed by atoms with Crippen molar-refractivity contribution in [3.63, 3.8) is 0 Å². The van der Waals surface area contributed by atoms with Gasteiger partial charge in [0.25, 0.3) is 0 Å². The lowest BCUT2D eigenvalue weighted by Gasteiger charge is -2.13. The summed E-state index contributed by atoms with van der Waals surface area (Å²) in [5.41, 5.74) is -0.750. The van der Waals surface area contributed by atoms with Crippen LogP contribution in [0.15, 0.2) is 24.5 Å². The first-order chi connectivity index (χ1) is 7.45.